The number of benzene rings is 2. The minimum atomic E-state index is -4.87. The molecule has 1 heterocycles. The Morgan fingerprint density at radius 2 is 1.76 bits per heavy atom. The predicted molar refractivity (Wildman–Crippen MR) is 118 cm³/mol. The van der Waals surface area contributed by atoms with Crippen molar-refractivity contribution in [1.29, 1.82) is 0 Å². The fraction of sp³-hybridized carbons (Fsp3) is 0.458. The van der Waals surface area contributed by atoms with Crippen LogP contribution in [0.1, 0.15) is 36.8 Å². The topological polar surface area (TPSA) is 72.5 Å². The smallest absolute Gasteiger partial charge is 0.357 e. The largest absolute Gasteiger partial charge is 0.426 e. The monoisotopic (exact) mass is 483 g/mol. The zero-order valence-corrected chi connectivity index (χ0v) is 19.2. The summed E-state index contributed by atoms with van der Waals surface area (Å²) < 4.78 is 71.0. The molecule has 0 spiro atoms. The summed E-state index contributed by atoms with van der Waals surface area (Å²) in [6.45, 7) is -0.309. The molecule has 2 atom stereocenters. The third-order valence-corrected chi connectivity index (χ3v) is 7.12. The van der Waals surface area contributed by atoms with Crippen LogP contribution in [0.3, 0.4) is 0 Å². The molecular weight excluding hydrogens is 455 g/mol. The lowest BCUT2D eigenvalue weighted by atomic mass is 9.84. The first kappa shape index (κ1) is 25.2. The third-order valence-electron chi connectivity index (χ3n) is 5.99. The molecule has 1 unspecified atom stereocenters. The van der Waals surface area contributed by atoms with Gasteiger partial charge in [-0.05, 0) is 61.3 Å². The van der Waals surface area contributed by atoms with Crippen molar-refractivity contribution in [2.75, 3.05) is 12.9 Å². The van der Waals surface area contributed by atoms with E-state index in [0.717, 1.165) is 11.8 Å². The Bertz CT molecular complexity index is 1040. The Kier molecular flexibility index (Phi) is 7.84. The van der Waals surface area contributed by atoms with E-state index in [1.807, 2.05) is 30.3 Å². The normalized spacial score (nSPS) is 21.9. The number of hydrogen-bond acceptors (Lipinski definition) is 4. The summed E-state index contributed by atoms with van der Waals surface area (Å²) in [7, 11) is -3.39. The van der Waals surface area contributed by atoms with Crippen LogP contribution in [0.25, 0.3) is 0 Å². The third kappa shape index (κ3) is 6.35. The second kappa shape index (κ2) is 10.3. The fourth-order valence-electron chi connectivity index (χ4n) is 4.11. The van der Waals surface area contributed by atoms with Gasteiger partial charge in [0, 0.05) is 19.4 Å². The van der Waals surface area contributed by atoms with Gasteiger partial charge in [0.1, 0.15) is 0 Å². The Labute approximate surface area is 192 Å². The molecule has 1 aliphatic rings. The molecule has 1 amide bonds. The number of amides is 1. The molecule has 2 aromatic carbocycles. The van der Waals surface area contributed by atoms with Crippen LogP contribution >= 0.6 is 0 Å². The van der Waals surface area contributed by atoms with Crippen molar-refractivity contribution in [3.63, 3.8) is 0 Å². The maximum Gasteiger partial charge on any atom is 0.426 e. The van der Waals surface area contributed by atoms with Gasteiger partial charge in [-0.1, -0.05) is 42.5 Å². The first-order valence-corrected chi connectivity index (χ1v) is 12.7. The molecule has 1 aliphatic heterocycles. The SMILES string of the molecule is CS(=O)(=O)c1ccc(CNC(=O)[C@]2(C(F)(F)F)CC(CCc3ccccc3)CCCO2)cc1. The summed E-state index contributed by atoms with van der Waals surface area (Å²) in [5, 5.41) is 2.36. The van der Waals surface area contributed by atoms with Gasteiger partial charge in [-0.15, -0.1) is 0 Å². The Hall–Kier alpha value is -2.39. The number of aryl methyl sites for hydroxylation is 1. The van der Waals surface area contributed by atoms with Gasteiger partial charge in [0.15, 0.2) is 9.84 Å². The van der Waals surface area contributed by atoms with E-state index >= 15 is 0 Å². The van der Waals surface area contributed by atoms with Gasteiger partial charge in [-0.2, -0.15) is 13.2 Å². The molecule has 2 aromatic rings. The van der Waals surface area contributed by atoms with E-state index in [4.69, 9.17) is 4.74 Å². The number of hydrogen-bond donors (Lipinski definition) is 1. The summed E-state index contributed by atoms with van der Waals surface area (Å²) in [6.07, 6.45) is -2.05. The molecule has 0 bridgehead atoms. The molecule has 0 aromatic heterocycles. The van der Waals surface area contributed by atoms with Crippen LogP contribution in [-0.4, -0.2) is 39.0 Å². The van der Waals surface area contributed by atoms with Crippen LogP contribution in [0.2, 0.25) is 0 Å². The number of halogens is 3. The molecule has 5 nitrogen and oxygen atoms in total. The summed E-state index contributed by atoms with van der Waals surface area (Å²) >= 11 is 0. The molecular formula is C24H28F3NO4S. The van der Waals surface area contributed by atoms with E-state index < -0.39 is 33.9 Å². The van der Waals surface area contributed by atoms with E-state index in [0.29, 0.717) is 31.2 Å². The highest BCUT2D eigenvalue weighted by atomic mass is 32.2. The van der Waals surface area contributed by atoms with Crippen molar-refractivity contribution >= 4 is 15.7 Å². The van der Waals surface area contributed by atoms with E-state index in [1.54, 1.807) is 0 Å². The second-order valence-electron chi connectivity index (χ2n) is 8.51. The number of carbonyl (C=O) groups is 1. The van der Waals surface area contributed by atoms with Gasteiger partial charge < -0.3 is 10.1 Å². The standard InChI is InChI=1S/C24H28F3NO4S/c1-33(30,31)21-13-11-20(12-14-21)17-28-22(29)23(24(25,26)27)16-19(8-5-15-32-23)10-9-18-6-3-2-4-7-18/h2-4,6-7,11-14,19H,5,8-10,15-17H2,1H3,(H,28,29)/t19?,23-/m0/s1. The molecule has 9 heteroatoms. The molecule has 33 heavy (non-hydrogen) atoms. The number of ether oxygens (including phenoxy) is 1. The molecule has 0 radical (unpaired) electrons. The van der Waals surface area contributed by atoms with Gasteiger partial charge in [0.05, 0.1) is 4.90 Å². The lowest BCUT2D eigenvalue weighted by molar-refractivity contribution is -0.269. The number of alkyl halides is 3. The van der Waals surface area contributed by atoms with Gasteiger partial charge >= 0.3 is 6.18 Å². The van der Waals surface area contributed by atoms with Crippen molar-refractivity contribution in [2.24, 2.45) is 5.92 Å². The van der Waals surface area contributed by atoms with Gasteiger partial charge in [-0.25, -0.2) is 8.42 Å². The summed E-state index contributed by atoms with van der Waals surface area (Å²) in [5.74, 6) is -1.53. The lowest BCUT2D eigenvalue weighted by Gasteiger charge is -2.35. The Morgan fingerprint density at radius 3 is 2.36 bits per heavy atom. The Balaban J connectivity index is 1.72. The van der Waals surface area contributed by atoms with Crippen LogP contribution in [0.15, 0.2) is 59.5 Å². The lowest BCUT2D eigenvalue weighted by Crippen LogP contribution is -2.59. The minimum absolute atomic E-state index is 0.0951. The summed E-state index contributed by atoms with van der Waals surface area (Å²) in [5.41, 5.74) is -1.37. The zero-order chi connectivity index (χ0) is 24.1. The number of rotatable bonds is 7. The molecule has 0 saturated carbocycles. The highest BCUT2D eigenvalue weighted by Gasteiger charge is 2.62. The van der Waals surface area contributed by atoms with Crippen LogP contribution < -0.4 is 5.32 Å². The summed E-state index contributed by atoms with van der Waals surface area (Å²) in [4.78, 5) is 13.0. The fourth-order valence-corrected chi connectivity index (χ4v) is 4.74. The molecule has 1 saturated heterocycles. The first-order chi connectivity index (χ1) is 15.5. The van der Waals surface area contributed by atoms with Crippen molar-refractivity contribution in [2.45, 2.75) is 55.3 Å². The molecule has 1 N–H and O–H groups in total. The van der Waals surface area contributed by atoms with Crippen molar-refractivity contribution in [3.05, 3.63) is 65.7 Å². The average Bonchev–Trinajstić information content (AvgIpc) is 3.00. The van der Waals surface area contributed by atoms with Crippen LogP contribution in [-0.2, 0) is 32.3 Å². The van der Waals surface area contributed by atoms with Gasteiger partial charge in [0.2, 0.25) is 5.60 Å². The quantitative estimate of drug-likeness (QED) is 0.631. The first-order valence-electron chi connectivity index (χ1n) is 10.8. The molecule has 1 fully saturated rings. The van der Waals surface area contributed by atoms with E-state index in [1.165, 1.54) is 24.3 Å². The zero-order valence-electron chi connectivity index (χ0n) is 18.4. The van der Waals surface area contributed by atoms with E-state index in [2.05, 4.69) is 5.32 Å². The van der Waals surface area contributed by atoms with E-state index in [-0.39, 0.29) is 24.0 Å². The Morgan fingerprint density at radius 1 is 1.09 bits per heavy atom. The van der Waals surface area contributed by atoms with Crippen LogP contribution in [0, 0.1) is 5.92 Å². The van der Waals surface area contributed by atoms with E-state index in [9.17, 15) is 26.4 Å². The highest BCUT2D eigenvalue weighted by Crippen LogP contribution is 2.43. The maximum absolute atomic E-state index is 14.2. The number of sulfone groups is 1. The number of nitrogens with one attached hydrogen (secondary N) is 1. The van der Waals surface area contributed by atoms with Gasteiger partial charge in [0.25, 0.3) is 5.91 Å². The molecule has 3 rings (SSSR count). The number of carbonyl (C=O) groups excluding carboxylic acids is 1. The highest BCUT2D eigenvalue weighted by molar-refractivity contribution is 7.90. The second-order valence-corrected chi connectivity index (χ2v) is 10.5. The molecule has 0 aliphatic carbocycles. The average molecular weight is 484 g/mol. The predicted octanol–water partition coefficient (Wildman–Crippen LogP) is 4.46. The minimum Gasteiger partial charge on any atom is -0.357 e. The van der Waals surface area contributed by atoms with Crippen molar-refractivity contribution in [1.82, 2.24) is 5.32 Å². The van der Waals surface area contributed by atoms with Gasteiger partial charge in [-0.3, -0.25) is 4.79 Å². The van der Waals surface area contributed by atoms with Crippen LogP contribution in [0.4, 0.5) is 13.2 Å². The van der Waals surface area contributed by atoms with Crippen molar-refractivity contribution in [3.8, 4) is 0 Å². The molecule has 180 valence electrons. The maximum atomic E-state index is 14.2. The van der Waals surface area contributed by atoms with Crippen molar-refractivity contribution < 1.29 is 31.1 Å². The summed E-state index contributed by atoms with van der Waals surface area (Å²) in [6, 6.07) is 15.2. The van der Waals surface area contributed by atoms with Crippen LogP contribution in [0.5, 0.6) is 0 Å².